The van der Waals surface area contributed by atoms with Crippen molar-refractivity contribution in [1.82, 2.24) is 4.90 Å². The number of sulfone groups is 1. The number of halogens is 1. The van der Waals surface area contributed by atoms with Crippen molar-refractivity contribution < 1.29 is 17.6 Å². The topological polar surface area (TPSA) is 80.5 Å². The van der Waals surface area contributed by atoms with Crippen molar-refractivity contribution in [3.8, 4) is 0 Å². The number of nitrogens with zero attached hydrogens (tertiary/aromatic N) is 1. The fourth-order valence-corrected chi connectivity index (χ4v) is 1.97. The number of carbonyl (C=O) groups is 1. The Morgan fingerprint density at radius 3 is 2.50 bits per heavy atom. The minimum absolute atomic E-state index is 0.0497. The van der Waals surface area contributed by atoms with E-state index in [9.17, 15) is 17.6 Å². The van der Waals surface area contributed by atoms with Gasteiger partial charge in [0.1, 0.15) is 15.7 Å². The van der Waals surface area contributed by atoms with Crippen molar-refractivity contribution in [2.75, 3.05) is 31.3 Å². The highest BCUT2D eigenvalue weighted by Crippen LogP contribution is 2.12. The first-order valence-corrected chi connectivity index (χ1v) is 7.24. The van der Waals surface area contributed by atoms with E-state index < -0.39 is 21.6 Å². The molecular weight excluding hydrogens is 259 g/mol. The van der Waals surface area contributed by atoms with E-state index in [1.165, 1.54) is 18.0 Å². The van der Waals surface area contributed by atoms with Gasteiger partial charge in [0.2, 0.25) is 0 Å². The monoisotopic (exact) mass is 274 g/mol. The van der Waals surface area contributed by atoms with Crippen LogP contribution in [-0.4, -0.2) is 44.8 Å². The molecule has 1 rings (SSSR count). The number of nitrogens with two attached hydrogens (primary N) is 1. The molecule has 0 bridgehead atoms. The molecule has 2 N–H and O–H groups in total. The summed E-state index contributed by atoms with van der Waals surface area (Å²) in [7, 11) is -1.69. The molecule has 0 fully saturated rings. The van der Waals surface area contributed by atoms with Gasteiger partial charge in [0.05, 0.1) is 5.75 Å². The van der Waals surface area contributed by atoms with E-state index >= 15 is 0 Å². The van der Waals surface area contributed by atoms with Gasteiger partial charge in [-0.1, -0.05) is 0 Å². The maximum Gasteiger partial charge on any atom is 0.253 e. The third kappa shape index (κ3) is 4.33. The number of hydrogen-bond acceptors (Lipinski definition) is 4. The van der Waals surface area contributed by atoms with Gasteiger partial charge in [-0.2, -0.15) is 0 Å². The van der Waals surface area contributed by atoms with E-state index in [0.717, 1.165) is 18.4 Å². The van der Waals surface area contributed by atoms with Gasteiger partial charge >= 0.3 is 0 Å². The fourth-order valence-electron chi connectivity index (χ4n) is 1.36. The van der Waals surface area contributed by atoms with Gasteiger partial charge in [0, 0.05) is 31.1 Å². The Morgan fingerprint density at radius 1 is 1.39 bits per heavy atom. The van der Waals surface area contributed by atoms with Gasteiger partial charge in [0.25, 0.3) is 5.91 Å². The van der Waals surface area contributed by atoms with Crippen LogP contribution in [0.4, 0.5) is 10.1 Å². The summed E-state index contributed by atoms with van der Waals surface area (Å²) in [5.74, 6) is -1.21. The summed E-state index contributed by atoms with van der Waals surface area (Å²) in [5, 5.41) is 0. The fraction of sp³-hybridized carbons (Fsp3) is 0.364. The molecule has 0 aromatic heterocycles. The van der Waals surface area contributed by atoms with E-state index in [1.807, 2.05) is 0 Å². The predicted molar refractivity (Wildman–Crippen MR) is 67.5 cm³/mol. The quantitative estimate of drug-likeness (QED) is 0.812. The summed E-state index contributed by atoms with van der Waals surface area (Å²) in [6, 6.07) is 3.52. The number of anilines is 1. The smallest absolute Gasteiger partial charge is 0.253 e. The first-order chi connectivity index (χ1) is 8.19. The molecule has 0 heterocycles. The van der Waals surface area contributed by atoms with Crippen molar-refractivity contribution in [1.29, 1.82) is 0 Å². The van der Waals surface area contributed by atoms with E-state index in [2.05, 4.69) is 0 Å². The Morgan fingerprint density at radius 2 is 2.00 bits per heavy atom. The van der Waals surface area contributed by atoms with Crippen LogP contribution in [0.25, 0.3) is 0 Å². The van der Waals surface area contributed by atoms with Gasteiger partial charge in [-0.3, -0.25) is 4.79 Å². The molecule has 18 heavy (non-hydrogen) atoms. The average molecular weight is 274 g/mol. The molecule has 5 nitrogen and oxygen atoms in total. The third-order valence-electron chi connectivity index (χ3n) is 2.31. The van der Waals surface area contributed by atoms with E-state index in [-0.39, 0.29) is 23.5 Å². The molecule has 0 radical (unpaired) electrons. The Hall–Kier alpha value is -1.63. The largest absolute Gasteiger partial charge is 0.399 e. The minimum Gasteiger partial charge on any atom is -0.399 e. The van der Waals surface area contributed by atoms with Crippen LogP contribution in [0.3, 0.4) is 0 Å². The van der Waals surface area contributed by atoms with Crippen LogP contribution in [0.2, 0.25) is 0 Å². The molecule has 0 aliphatic carbocycles. The van der Waals surface area contributed by atoms with E-state index in [1.54, 1.807) is 0 Å². The standard InChI is InChI=1S/C11H15FN2O3S/c1-14(3-4-18(2,16)17)11(15)8-5-9(12)7-10(13)6-8/h5-7H,3-4,13H2,1-2H3. The SMILES string of the molecule is CN(CCS(C)(=O)=O)C(=O)c1cc(N)cc(F)c1. The normalized spacial score (nSPS) is 11.3. The number of benzene rings is 1. The summed E-state index contributed by atoms with van der Waals surface area (Å²) in [6.07, 6.45) is 1.09. The van der Waals surface area contributed by atoms with Crippen LogP contribution in [0, 0.1) is 5.82 Å². The molecule has 0 unspecified atom stereocenters. The molecule has 0 saturated carbocycles. The highest BCUT2D eigenvalue weighted by Gasteiger charge is 2.15. The molecule has 0 atom stereocenters. The van der Waals surface area contributed by atoms with Crippen molar-refractivity contribution in [3.05, 3.63) is 29.6 Å². The molecule has 0 spiro atoms. The molecule has 0 saturated heterocycles. The molecule has 100 valence electrons. The number of hydrogen-bond donors (Lipinski definition) is 1. The van der Waals surface area contributed by atoms with Crippen LogP contribution < -0.4 is 5.73 Å². The van der Waals surface area contributed by atoms with Crippen molar-refractivity contribution >= 4 is 21.4 Å². The maximum absolute atomic E-state index is 13.1. The molecule has 1 aromatic carbocycles. The van der Waals surface area contributed by atoms with Crippen molar-refractivity contribution in [2.45, 2.75) is 0 Å². The van der Waals surface area contributed by atoms with Crippen LogP contribution in [0.1, 0.15) is 10.4 Å². The Kier molecular flexibility index (Phi) is 4.28. The molecule has 1 amide bonds. The zero-order valence-electron chi connectivity index (χ0n) is 10.2. The van der Waals surface area contributed by atoms with Crippen molar-refractivity contribution in [3.63, 3.8) is 0 Å². The molecule has 1 aromatic rings. The second kappa shape index (κ2) is 5.34. The second-order valence-corrected chi connectivity index (χ2v) is 6.39. The Bertz CT molecular complexity index is 537. The minimum atomic E-state index is -3.14. The van der Waals surface area contributed by atoms with Gasteiger partial charge in [-0.05, 0) is 18.2 Å². The van der Waals surface area contributed by atoms with Crippen LogP contribution >= 0.6 is 0 Å². The summed E-state index contributed by atoms with van der Waals surface area (Å²) in [5.41, 5.74) is 5.68. The summed E-state index contributed by atoms with van der Waals surface area (Å²) in [4.78, 5) is 13.1. The Balaban J connectivity index is 2.80. The van der Waals surface area contributed by atoms with Crippen LogP contribution in [0.5, 0.6) is 0 Å². The van der Waals surface area contributed by atoms with Gasteiger partial charge in [0.15, 0.2) is 0 Å². The highest BCUT2D eigenvalue weighted by molar-refractivity contribution is 7.90. The zero-order valence-corrected chi connectivity index (χ0v) is 11.0. The first-order valence-electron chi connectivity index (χ1n) is 5.18. The predicted octanol–water partition coefficient (Wildman–Crippen LogP) is 0.524. The van der Waals surface area contributed by atoms with Crippen molar-refractivity contribution in [2.24, 2.45) is 0 Å². The Labute approximate surface area is 105 Å². The lowest BCUT2D eigenvalue weighted by molar-refractivity contribution is 0.0803. The number of amides is 1. The van der Waals surface area contributed by atoms with E-state index in [4.69, 9.17) is 5.73 Å². The third-order valence-corrected chi connectivity index (χ3v) is 3.24. The van der Waals surface area contributed by atoms with Gasteiger partial charge in [-0.15, -0.1) is 0 Å². The summed E-state index contributed by atoms with van der Waals surface area (Å²) >= 11 is 0. The van der Waals surface area contributed by atoms with Crippen LogP contribution in [-0.2, 0) is 9.84 Å². The first kappa shape index (κ1) is 14.4. The van der Waals surface area contributed by atoms with Gasteiger partial charge < -0.3 is 10.6 Å². The number of rotatable bonds is 4. The maximum atomic E-state index is 13.1. The molecule has 7 heteroatoms. The molecule has 0 aliphatic heterocycles. The highest BCUT2D eigenvalue weighted by atomic mass is 32.2. The number of carbonyl (C=O) groups excluding carboxylic acids is 1. The second-order valence-electron chi connectivity index (χ2n) is 4.13. The lowest BCUT2D eigenvalue weighted by Gasteiger charge is -2.16. The zero-order chi connectivity index (χ0) is 13.9. The molecular formula is C11H15FN2O3S. The summed E-state index contributed by atoms with van der Waals surface area (Å²) in [6.45, 7) is 0.0497. The lowest BCUT2D eigenvalue weighted by Crippen LogP contribution is -2.31. The summed E-state index contributed by atoms with van der Waals surface area (Å²) < 4.78 is 35.1. The lowest BCUT2D eigenvalue weighted by atomic mass is 10.1. The van der Waals surface area contributed by atoms with Crippen LogP contribution in [0.15, 0.2) is 18.2 Å². The van der Waals surface area contributed by atoms with E-state index in [0.29, 0.717) is 0 Å². The molecule has 0 aliphatic rings. The average Bonchev–Trinajstić information content (AvgIpc) is 2.22. The van der Waals surface area contributed by atoms with Gasteiger partial charge in [-0.25, -0.2) is 12.8 Å². The number of nitrogen functional groups attached to an aromatic ring is 1.